The highest BCUT2D eigenvalue weighted by atomic mass is 35.5. The van der Waals surface area contributed by atoms with E-state index in [9.17, 15) is 0 Å². The number of benzene rings is 2. The molecule has 0 bridgehead atoms. The van der Waals surface area contributed by atoms with Crippen molar-refractivity contribution >= 4 is 33.5 Å². The Morgan fingerprint density at radius 2 is 1.83 bits per heavy atom. The highest BCUT2D eigenvalue weighted by Crippen LogP contribution is 2.34. The number of pyridine rings is 1. The van der Waals surface area contributed by atoms with Crippen molar-refractivity contribution in [1.29, 1.82) is 0 Å². The Kier molecular flexibility index (Phi) is 5.32. The highest BCUT2D eigenvalue weighted by molar-refractivity contribution is 6.35. The lowest BCUT2D eigenvalue weighted by molar-refractivity contribution is 0.340. The van der Waals surface area contributed by atoms with Crippen molar-refractivity contribution < 1.29 is 4.74 Å². The molecule has 1 aliphatic rings. The van der Waals surface area contributed by atoms with Crippen LogP contribution < -0.4 is 10.1 Å². The summed E-state index contributed by atoms with van der Waals surface area (Å²) in [5.41, 5.74) is 3.80. The molecule has 154 valence electrons. The van der Waals surface area contributed by atoms with Gasteiger partial charge in [0.2, 0.25) is 0 Å². The van der Waals surface area contributed by atoms with E-state index in [-0.39, 0.29) is 0 Å². The van der Waals surface area contributed by atoms with Crippen molar-refractivity contribution in [2.75, 3.05) is 20.2 Å². The van der Waals surface area contributed by atoms with E-state index in [0.29, 0.717) is 5.15 Å². The normalized spacial score (nSPS) is 15.1. The number of fused-ring (bicyclic) bond motifs is 3. The van der Waals surface area contributed by atoms with Gasteiger partial charge in [0.05, 0.1) is 18.1 Å². The number of hydrogen-bond acceptors (Lipinski definition) is 4. The highest BCUT2D eigenvalue weighted by Gasteiger charge is 2.20. The molecule has 0 amide bonds. The van der Waals surface area contributed by atoms with Gasteiger partial charge in [-0.05, 0) is 68.6 Å². The predicted octanol–water partition coefficient (Wildman–Crippen LogP) is 5.30. The summed E-state index contributed by atoms with van der Waals surface area (Å²) in [6.45, 7) is 3.13. The number of aryl methyl sites for hydroxylation is 1. The molecule has 0 atom stereocenters. The molecule has 0 saturated carbocycles. The summed E-state index contributed by atoms with van der Waals surface area (Å²) >= 11 is 6.59. The van der Waals surface area contributed by atoms with Gasteiger partial charge in [0, 0.05) is 17.5 Å². The monoisotopic (exact) mass is 420 g/mol. The Balaban J connectivity index is 1.67. The molecule has 5 nitrogen and oxygen atoms in total. The Morgan fingerprint density at radius 3 is 2.60 bits per heavy atom. The van der Waals surface area contributed by atoms with Crippen LogP contribution in [0.4, 0.5) is 0 Å². The lowest BCUT2D eigenvalue weighted by atomic mass is 9.94. The van der Waals surface area contributed by atoms with Gasteiger partial charge in [-0.2, -0.15) is 0 Å². The van der Waals surface area contributed by atoms with Crippen molar-refractivity contribution in [1.82, 2.24) is 19.9 Å². The molecule has 3 heterocycles. The van der Waals surface area contributed by atoms with Gasteiger partial charge >= 0.3 is 0 Å². The summed E-state index contributed by atoms with van der Waals surface area (Å²) in [6.07, 6.45) is 3.59. The summed E-state index contributed by atoms with van der Waals surface area (Å²) in [6, 6.07) is 16.2. The number of aromatic nitrogens is 3. The number of hydrogen-bond donors (Lipinski definition) is 1. The Hall–Kier alpha value is -2.63. The maximum atomic E-state index is 6.59. The summed E-state index contributed by atoms with van der Waals surface area (Å²) in [7, 11) is 1.68. The second-order valence-electron chi connectivity index (χ2n) is 7.91. The van der Waals surface area contributed by atoms with E-state index in [4.69, 9.17) is 21.3 Å². The third-order valence-corrected chi connectivity index (χ3v) is 6.37. The molecule has 5 rings (SSSR count). The molecular formula is C24H25ClN4O. The minimum absolute atomic E-state index is 0.457. The van der Waals surface area contributed by atoms with E-state index in [1.165, 1.54) is 12.8 Å². The second kappa shape index (κ2) is 8.25. The topological polar surface area (TPSA) is 52.0 Å². The van der Waals surface area contributed by atoms with Gasteiger partial charge in [-0.3, -0.25) is 0 Å². The molecule has 1 saturated heterocycles. The molecule has 2 aromatic heterocycles. The number of nitrogens with zero attached hydrogens (tertiary/aromatic N) is 3. The van der Waals surface area contributed by atoms with Gasteiger partial charge in [0.25, 0.3) is 0 Å². The van der Waals surface area contributed by atoms with E-state index >= 15 is 0 Å². The van der Waals surface area contributed by atoms with Crippen molar-refractivity contribution in [2.24, 2.45) is 5.92 Å². The van der Waals surface area contributed by atoms with Crippen LogP contribution in [0.2, 0.25) is 5.15 Å². The first-order chi connectivity index (χ1) is 14.7. The maximum absolute atomic E-state index is 6.59. The third-order valence-electron chi connectivity index (χ3n) is 6.11. The molecule has 1 fully saturated rings. The van der Waals surface area contributed by atoms with Crippen LogP contribution in [-0.2, 0) is 6.54 Å². The zero-order chi connectivity index (χ0) is 20.5. The van der Waals surface area contributed by atoms with E-state index in [2.05, 4.69) is 39.1 Å². The fraction of sp³-hybridized carbons (Fsp3) is 0.333. The lowest BCUT2D eigenvalue weighted by Crippen LogP contribution is -2.28. The van der Waals surface area contributed by atoms with Crippen molar-refractivity contribution in [3.05, 3.63) is 53.7 Å². The molecular weight excluding hydrogens is 396 g/mol. The summed E-state index contributed by atoms with van der Waals surface area (Å²) in [5, 5.41) is 5.01. The van der Waals surface area contributed by atoms with Crippen LogP contribution in [0, 0.1) is 5.92 Å². The van der Waals surface area contributed by atoms with Gasteiger partial charge < -0.3 is 14.6 Å². The number of nitrogens with one attached hydrogen (secondary N) is 1. The van der Waals surface area contributed by atoms with E-state index in [1.54, 1.807) is 7.11 Å². The van der Waals surface area contributed by atoms with Crippen LogP contribution in [0.5, 0.6) is 5.75 Å². The zero-order valence-electron chi connectivity index (χ0n) is 17.1. The standard InChI is InChI=1S/C24H25ClN4O/c1-30-18-8-6-17(7-9-18)24-28-21-22(19-4-2-3-5-20(19)27-23(21)25)29(24)15-12-16-10-13-26-14-11-16/h2-9,16,26H,10-15H2,1H3. The number of methoxy groups -OCH3 is 1. The summed E-state index contributed by atoms with van der Waals surface area (Å²) < 4.78 is 7.68. The molecule has 1 N–H and O–H groups in total. The second-order valence-corrected chi connectivity index (χ2v) is 8.27. The average Bonchev–Trinajstić information content (AvgIpc) is 3.19. The molecule has 1 aliphatic heterocycles. The average molecular weight is 421 g/mol. The fourth-order valence-electron chi connectivity index (χ4n) is 4.46. The summed E-state index contributed by atoms with van der Waals surface area (Å²) in [4.78, 5) is 9.56. The number of imidazole rings is 1. The minimum Gasteiger partial charge on any atom is -0.497 e. The smallest absolute Gasteiger partial charge is 0.157 e. The molecule has 30 heavy (non-hydrogen) atoms. The number of halogens is 1. The largest absolute Gasteiger partial charge is 0.497 e. The molecule has 0 radical (unpaired) electrons. The van der Waals surface area contributed by atoms with Gasteiger partial charge in [-0.15, -0.1) is 0 Å². The van der Waals surface area contributed by atoms with Crippen molar-refractivity contribution in [3.63, 3.8) is 0 Å². The fourth-order valence-corrected chi connectivity index (χ4v) is 4.68. The number of rotatable bonds is 5. The van der Waals surface area contributed by atoms with E-state index < -0.39 is 0 Å². The van der Waals surface area contributed by atoms with Gasteiger partial charge in [-0.25, -0.2) is 9.97 Å². The van der Waals surface area contributed by atoms with Crippen LogP contribution in [0.1, 0.15) is 19.3 Å². The van der Waals surface area contributed by atoms with Crippen molar-refractivity contribution in [2.45, 2.75) is 25.8 Å². The lowest BCUT2D eigenvalue weighted by Gasteiger charge is -2.23. The van der Waals surface area contributed by atoms with Crippen LogP contribution >= 0.6 is 11.6 Å². The first kappa shape index (κ1) is 19.3. The Morgan fingerprint density at radius 1 is 1.07 bits per heavy atom. The van der Waals surface area contributed by atoms with Gasteiger partial charge in [0.15, 0.2) is 5.15 Å². The van der Waals surface area contributed by atoms with E-state index in [0.717, 1.165) is 71.0 Å². The van der Waals surface area contributed by atoms with Crippen LogP contribution in [-0.4, -0.2) is 34.7 Å². The quantitative estimate of drug-likeness (QED) is 0.445. The molecule has 0 unspecified atom stereocenters. The number of para-hydroxylation sites is 1. The molecule has 0 aliphatic carbocycles. The Labute approximate surface area is 181 Å². The van der Waals surface area contributed by atoms with Crippen LogP contribution in [0.3, 0.4) is 0 Å². The SMILES string of the molecule is COc1ccc(-c2nc3c(Cl)nc4ccccc4c3n2CCC2CCNCC2)cc1. The third kappa shape index (κ3) is 3.53. The number of ether oxygens (including phenoxy) is 1. The van der Waals surface area contributed by atoms with Crippen LogP contribution in [0.15, 0.2) is 48.5 Å². The Bertz CT molecular complexity index is 1180. The zero-order valence-corrected chi connectivity index (χ0v) is 17.8. The maximum Gasteiger partial charge on any atom is 0.157 e. The first-order valence-electron chi connectivity index (χ1n) is 10.5. The first-order valence-corrected chi connectivity index (χ1v) is 10.9. The molecule has 6 heteroatoms. The molecule has 4 aromatic rings. The number of piperidine rings is 1. The van der Waals surface area contributed by atoms with E-state index in [1.807, 2.05) is 24.3 Å². The van der Waals surface area contributed by atoms with Crippen LogP contribution in [0.25, 0.3) is 33.3 Å². The van der Waals surface area contributed by atoms with Gasteiger partial charge in [0.1, 0.15) is 17.1 Å². The molecule has 0 spiro atoms. The van der Waals surface area contributed by atoms with Gasteiger partial charge in [-0.1, -0.05) is 29.8 Å². The minimum atomic E-state index is 0.457. The molecule has 2 aromatic carbocycles. The summed E-state index contributed by atoms with van der Waals surface area (Å²) in [5.74, 6) is 2.50. The van der Waals surface area contributed by atoms with Crippen molar-refractivity contribution in [3.8, 4) is 17.1 Å². The predicted molar refractivity (Wildman–Crippen MR) is 122 cm³/mol.